The number of ether oxygens (including phenoxy) is 1. The molecule has 1 fully saturated rings. The minimum atomic E-state index is -0.0199. The van der Waals surface area contributed by atoms with Crippen LogP contribution in [0.25, 0.3) is 10.9 Å². The van der Waals surface area contributed by atoms with Crippen molar-refractivity contribution in [3.63, 3.8) is 0 Å². The maximum Gasteiger partial charge on any atom is 0.272 e. The summed E-state index contributed by atoms with van der Waals surface area (Å²) in [4.78, 5) is 23.1. The summed E-state index contributed by atoms with van der Waals surface area (Å²) in [7, 11) is 1.66. The Morgan fingerprint density at radius 3 is 2.96 bits per heavy atom. The molecule has 2 aromatic heterocycles. The lowest BCUT2D eigenvalue weighted by atomic mass is 10.2. The van der Waals surface area contributed by atoms with Crippen LogP contribution in [0.1, 0.15) is 16.9 Å². The molecule has 0 saturated carbocycles. The Hall–Kier alpha value is -3.15. The van der Waals surface area contributed by atoms with Crippen LogP contribution in [0.4, 0.5) is 5.82 Å². The molecule has 1 N–H and O–H groups in total. The third-order valence-electron chi connectivity index (χ3n) is 4.61. The van der Waals surface area contributed by atoms with Gasteiger partial charge in [-0.05, 0) is 48.9 Å². The second-order valence-corrected chi connectivity index (χ2v) is 6.35. The summed E-state index contributed by atoms with van der Waals surface area (Å²) in [6.45, 7) is 1.37. The van der Waals surface area contributed by atoms with Gasteiger partial charge in [0.15, 0.2) is 0 Å². The summed E-state index contributed by atoms with van der Waals surface area (Å²) >= 11 is 0. The second-order valence-electron chi connectivity index (χ2n) is 6.35. The zero-order valence-corrected chi connectivity index (χ0v) is 14.6. The number of hydrogen-bond donors (Lipinski definition) is 1. The van der Waals surface area contributed by atoms with Crippen LogP contribution in [0.5, 0.6) is 5.75 Å². The molecule has 1 atom stereocenters. The molecule has 1 aliphatic rings. The molecule has 1 aromatic carbocycles. The maximum absolute atomic E-state index is 12.5. The Morgan fingerprint density at radius 2 is 2.15 bits per heavy atom. The summed E-state index contributed by atoms with van der Waals surface area (Å²) in [6.07, 6.45) is 2.54. The molecule has 0 radical (unpaired) electrons. The van der Waals surface area contributed by atoms with Crippen molar-refractivity contribution in [3.05, 3.63) is 60.4 Å². The number of hydrogen-bond acceptors (Lipinski definition) is 5. The maximum atomic E-state index is 12.5. The zero-order chi connectivity index (χ0) is 17.9. The van der Waals surface area contributed by atoms with E-state index >= 15 is 0 Å². The molecular formula is C20H20N4O2. The fourth-order valence-corrected chi connectivity index (χ4v) is 3.23. The molecule has 1 aliphatic heterocycles. The highest BCUT2D eigenvalue weighted by Crippen LogP contribution is 2.22. The molecule has 132 valence electrons. The van der Waals surface area contributed by atoms with Crippen molar-refractivity contribution in [2.75, 3.05) is 25.5 Å². The number of carbonyl (C=O) groups excluding carboxylic acids is 1. The smallest absolute Gasteiger partial charge is 0.272 e. The van der Waals surface area contributed by atoms with Crippen LogP contribution in [-0.2, 0) is 0 Å². The van der Waals surface area contributed by atoms with Crippen LogP contribution in [0, 0.1) is 0 Å². The van der Waals surface area contributed by atoms with Gasteiger partial charge in [0.1, 0.15) is 17.3 Å². The first-order chi connectivity index (χ1) is 12.7. The number of carbonyl (C=O) groups is 1. The molecule has 0 spiro atoms. The number of fused-ring (bicyclic) bond motifs is 1. The van der Waals surface area contributed by atoms with Crippen molar-refractivity contribution in [1.82, 2.24) is 14.9 Å². The van der Waals surface area contributed by atoms with E-state index in [-0.39, 0.29) is 11.9 Å². The van der Waals surface area contributed by atoms with Gasteiger partial charge in [0, 0.05) is 30.7 Å². The molecule has 26 heavy (non-hydrogen) atoms. The van der Waals surface area contributed by atoms with E-state index in [1.54, 1.807) is 19.4 Å². The molecule has 1 unspecified atom stereocenters. The molecule has 6 heteroatoms. The first kappa shape index (κ1) is 16.3. The summed E-state index contributed by atoms with van der Waals surface area (Å²) in [5.41, 5.74) is 1.40. The van der Waals surface area contributed by atoms with Crippen molar-refractivity contribution < 1.29 is 9.53 Å². The summed E-state index contributed by atoms with van der Waals surface area (Å²) in [5, 5.41) is 4.48. The van der Waals surface area contributed by atoms with Gasteiger partial charge in [0.2, 0.25) is 0 Å². The Labute approximate surface area is 151 Å². The molecule has 3 heterocycles. The average Bonchev–Trinajstić information content (AvgIpc) is 3.16. The lowest BCUT2D eigenvalue weighted by Gasteiger charge is -2.17. The first-order valence-corrected chi connectivity index (χ1v) is 8.64. The number of amides is 1. The first-order valence-electron chi connectivity index (χ1n) is 8.64. The molecular weight excluding hydrogens is 328 g/mol. The van der Waals surface area contributed by atoms with Gasteiger partial charge in [-0.25, -0.2) is 4.98 Å². The number of nitrogens with one attached hydrogen (secondary N) is 1. The minimum Gasteiger partial charge on any atom is -0.497 e. The highest BCUT2D eigenvalue weighted by atomic mass is 16.5. The molecule has 6 nitrogen and oxygen atoms in total. The van der Waals surface area contributed by atoms with Crippen LogP contribution in [-0.4, -0.2) is 47.0 Å². The number of nitrogens with zero attached hydrogens (tertiary/aromatic N) is 3. The summed E-state index contributed by atoms with van der Waals surface area (Å²) < 4.78 is 5.24. The van der Waals surface area contributed by atoms with E-state index in [1.807, 2.05) is 47.4 Å². The van der Waals surface area contributed by atoms with Gasteiger partial charge >= 0.3 is 0 Å². The fraction of sp³-hybridized carbons (Fsp3) is 0.250. The quantitative estimate of drug-likeness (QED) is 0.785. The Morgan fingerprint density at radius 1 is 1.23 bits per heavy atom. The van der Waals surface area contributed by atoms with E-state index < -0.39 is 0 Å². The normalized spacial score (nSPS) is 16.7. The van der Waals surface area contributed by atoms with Crippen LogP contribution in [0.3, 0.4) is 0 Å². The standard InChI is InChI=1S/C20H20N4O2/c1-26-16-6-7-17-14(12-16)5-8-19(23-17)22-15-9-11-24(13-15)20(25)18-4-2-3-10-21-18/h2-8,10,12,15H,9,11,13H2,1H3,(H,22,23). The molecule has 0 bridgehead atoms. The Kier molecular flexibility index (Phi) is 4.39. The van der Waals surface area contributed by atoms with Crippen LogP contribution < -0.4 is 10.1 Å². The number of methoxy groups -OCH3 is 1. The van der Waals surface area contributed by atoms with Crippen molar-refractivity contribution in [1.29, 1.82) is 0 Å². The highest BCUT2D eigenvalue weighted by molar-refractivity contribution is 5.92. The van der Waals surface area contributed by atoms with Gasteiger partial charge in [-0.1, -0.05) is 6.07 Å². The minimum absolute atomic E-state index is 0.0199. The molecule has 0 aliphatic carbocycles. The van der Waals surface area contributed by atoms with Crippen molar-refractivity contribution in [2.24, 2.45) is 0 Å². The highest BCUT2D eigenvalue weighted by Gasteiger charge is 2.27. The summed E-state index contributed by atoms with van der Waals surface area (Å²) in [5.74, 6) is 1.62. The van der Waals surface area contributed by atoms with Gasteiger partial charge < -0.3 is 15.0 Å². The topological polar surface area (TPSA) is 67.3 Å². The molecule has 1 amide bonds. The van der Waals surface area contributed by atoms with E-state index in [0.717, 1.165) is 35.4 Å². The SMILES string of the molecule is COc1ccc2nc(NC3CCN(C(=O)c4ccccn4)C3)ccc2c1. The predicted molar refractivity (Wildman–Crippen MR) is 100 cm³/mol. The Balaban J connectivity index is 1.43. The number of rotatable bonds is 4. The van der Waals surface area contributed by atoms with Gasteiger partial charge in [-0.3, -0.25) is 9.78 Å². The Bertz CT molecular complexity index is 930. The number of aromatic nitrogens is 2. The van der Waals surface area contributed by atoms with Crippen LogP contribution in [0.15, 0.2) is 54.7 Å². The molecule has 3 aromatic rings. The number of likely N-dealkylation sites (tertiary alicyclic amines) is 1. The van der Waals surface area contributed by atoms with Gasteiger partial charge in [0.25, 0.3) is 5.91 Å². The molecule has 1 saturated heterocycles. The van der Waals surface area contributed by atoms with E-state index in [2.05, 4.69) is 15.3 Å². The number of anilines is 1. The van der Waals surface area contributed by atoms with Crippen LogP contribution >= 0.6 is 0 Å². The van der Waals surface area contributed by atoms with Crippen molar-refractivity contribution in [3.8, 4) is 5.75 Å². The summed E-state index contributed by atoms with van der Waals surface area (Å²) in [6, 6.07) is 15.4. The third kappa shape index (κ3) is 3.31. The number of benzene rings is 1. The zero-order valence-electron chi connectivity index (χ0n) is 14.6. The monoisotopic (exact) mass is 348 g/mol. The lowest BCUT2D eigenvalue weighted by molar-refractivity contribution is 0.0786. The van der Waals surface area contributed by atoms with E-state index in [0.29, 0.717) is 12.2 Å². The second kappa shape index (κ2) is 7.00. The fourth-order valence-electron chi connectivity index (χ4n) is 3.23. The average molecular weight is 348 g/mol. The largest absolute Gasteiger partial charge is 0.497 e. The number of pyridine rings is 2. The predicted octanol–water partition coefficient (Wildman–Crippen LogP) is 2.97. The van der Waals surface area contributed by atoms with E-state index in [4.69, 9.17) is 4.74 Å². The van der Waals surface area contributed by atoms with E-state index in [1.165, 1.54) is 0 Å². The lowest BCUT2D eigenvalue weighted by Crippen LogP contribution is -2.32. The van der Waals surface area contributed by atoms with Crippen molar-refractivity contribution in [2.45, 2.75) is 12.5 Å². The van der Waals surface area contributed by atoms with Gasteiger partial charge in [0.05, 0.1) is 12.6 Å². The van der Waals surface area contributed by atoms with Crippen LogP contribution in [0.2, 0.25) is 0 Å². The van der Waals surface area contributed by atoms with E-state index in [9.17, 15) is 4.79 Å². The van der Waals surface area contributed by atoms with Gasteiger partial charge in [-0.15, -0.1) is 0 Å². The molecule has 4 rings (SSSR count). The van der Waals surface area contributed by atoms with Gasteiger partial charge in [-0.2, -0.15) is 0 Å². The van der Waals surface area contributed by atoms with Crippen molar-refractivity contribution >= 4 is 22.6 Å². The third-order valence-corrected chi connectivity index (χ3v) is 4.61.